The third-order valence-corrected chi connectivity index (χ3v) is 3.68. The van der Waals surface area contributed by atoms with Crippen molar-refractivity contribution in [3.05, 3.63) is 71.4 Å². The predicted octanol–water partition coefficient (Wildman–Crippen LogP) is 3.81. The molecule has 0 saturated carbocycles. The van der Waals surface area contributed by atoms with Gasteiger partial charge in [-0.2, -0.15) is 13.2 Å². The molecular weight excluding hydrogens is 305 g/mol. The lowest BCUT2D eigenvalue weighted by atomic mass is 10.1. The molecule has 0 spiro atoms. The number of hydrogen-bond donors (Lipinski definition) is 1. The number of primary amides is 1. The second-order valence-electron chi connectivity index (χ2n) is 5.23. The Morgan fingerprint density at radius 1 is 1.04 bits per heavy atom. The van der Waals surface area contributed by atoms with Crippen LogP contribution >= 0.6 is 0 Å². The van der Waals surface area contributed by atoms with E-state index in [-0.39, 0.29) is 6.54 Å². The van der Waals surface area contributed by atoms with E-state index in [0.29, 0.717) is 11.3 Å². The Bertz CT molecular complexity index is 864. The average molecular weight is 318 g/mol. The quantitative estimate of drug-likeness (QED) is 0.784. The molecule has 0 fully saturated rings. The molecule has 2 aromatic carbocycles. The van der Waals surface area contributed by atoms with Gasteiger partial charge >= 0.3 is 6.18 Å². The first kappa shape index (κ1) is 15.1. The van der Waals surface area contributed by atoms with Crippen LogP contribution in [0.2, 0.25) is 0 Å². The molecule has 0 bridgehead atoms. The number of fused-ring (bicyclic) bond motifs is 1. The number of benzene rings is 2. The van der Waals surface area contributed by atoms with Crippen LogP contribution in [-0.4, -0.2) is 10.5 Å². The van der Waals surface area contributed by atoms with Crippen molar-refractivity contribution >= 4 is 16.8 Å². The highest BCUT2D eigenvalue weighted by Gasteiger charge is 2.29. The second kappa shape index (κ2) is 5.46. The zero-order chi connectivity index (χ0) is 16.6. The number of alkyl halides is 3. The van der Waals surface area contributed by atoms with Gasteiger partial charge in [0.2, 0.25) is 0 Å². The van der Waals surface area contributed by atoms with Crippen LogP contribution in [0.3, 0.4) is 0 Å². The van der Waals surface area contributed by atoms with Crippen LogP contribution < -0.4 is 5.73 Å². The summed E-state index contributed by atoms with van der Waals surface area (Å²) in [6.07, 6.45) is -4.36. The van der Waals surface area contributed by atoms with Gasteiger partial charge in [-0.05, 0) is 29.8 Å². The van der Waals surface area contributed by atoms with Gasteiger partial charge in [0.25, 0.3) is 5.91 Å². The molecule has 1 aromatic heterocycles. The summed E-state index contributed by atoms with van der Waals surface area (Å²) in [5.41, 5.74) is 6.49. The summed E-state index contributed by atoms with van der Waals surface area (Å²) in [7, 11) is 0. The van der Waals surface area contributed by atoms with E-state index in [2.05, 4.69) is 0 Å². The van der Waals surface area contributed by atoms with E-state index in [0.717, 1.165) is 23.0 Å². The SMILES string of the molecule is NC(=O)c1cc2ccccc2n1Cc1ccc(C(F)(F)F)cc1. The minimum absolute atomic E-state index is 0.268. The fourth-order valence-electron chi connectivity index (χ4n) is 2.57. The van der Waals surface area contributed by atoms with Gasteiger partial charge in [0.05, 0.1) is 5.56 Å². The number of halogens is 3. The molecule has 0 aliphatic carbocycles. The van der Waals surface area contributed by atoms with Gasteiger partial charge in [-0.3, -0.25) is 4.79 Å². The molecule has 0 unspecified atom stereocenters. The monoisotopic (exact) mass is 318 g/mol. The van der Waals surface area contributed by atoms with E-state index >= 15 is 0 Å². The fraction of sp³-hybridized carbons (Fsp3) is 0.118. The van der Waals surface area contributed by atoms with Crippen molar-refractivity contribution in [2.75, 3.05) is 0 Å². The minimum atomic E-state index is -4.36. The maximum Gasteiger partial charge on any atom is 0.416 e. The van der Waals surface area contributed by atoms with E-state index in [1.807, 2.05) is 24.3 Å². The van der Waals surface area contributed by atoms with Crippen LogP contribution in [0, 0.1) is 0 Å². The molecule has 1 amide bonds. The van der Waals surface area contributed by atoms with Crippen molar-refractivity contribution in [3.63, 3.8) is 0 Å². The van der Waals surface area contributed by atoms with Gasteiger partial charge in [0, 0.05) is 17.4 Å². The number of nitrogens with zero attached hydrogens (tertiary/aromatic N) is 1. The molecule has 23 heavy (non-hydrogen) atoms. The summed E-state index contributed by atoms with van der Waals surface area (Å²) in [6, 6.07) is 13.9. The highest BCUT2D eigenvalue weighted by Crippen LogP contribution is 2.29. The standard InChI is InChI=1S/C17H13F3N2O/c18-17(19,20)13-7-5-11(6-8-13)10-22-14-4-2-1-3-12(14)9-15(22)16(21)23/h1-9H,10H2,(H2,21,23). The Hall–Kier alpha value is -2.76. The largest absolute Gasteiger partial charge is 0.416 e. The number of aromatic nitrogens is 1. The van der Waals surface area contributed by atoms with E-state index < -0.39 is 17.6 Å². The van der Waals surface area contributed by atoms with Crippen LogP contribution in [-0.2, 0) is 12.7 Å². The average Bonchev–Trinajstić information content (AvgIpc) is 2.86. The summed E-state index contributed by atoms with van der Waals surface area (Å²) in [4.78, 5) is 11.6. The zero-order valence-electron chi connectivity index (χ0n) is 12.0. The lowest BCUT2D eigenvalue weighted by Crippen LogP contribution is -2.17. The summed E-state index contributed by atoms with van der Waals surface area (Å²) in [6.45, 7) is 0.268. The first-order chi connectivity index (χ1) is 10.9. The fourth-order valence-corrected chi connectivity index (χ4v) is 2.57. The van der Waals surface area contributed by atoms with Crippen LogP contribution in [0.5, 0.6) is 0 Å². The first-order valence-corrected chi connectivity index (χ1v) is 6.90. The molecule has 0 radical (unpaired) electrons. The molecule has 1 heterocycles. The lowest BCUT2D eigenvalue weighted by molar-refractivity contribution is -0.137. The molecular formula is C17H13F3N2O. The Balaban J connectivity index is 2.01. The summed E-state index contributed by atoms with van der Waals surface area (Å²) >= 11 is 0. The highest BCUT2D eigenvalue weighted by molar-refractivity contribution is 5.97. The number of amides is 1. The maximum atomic E-state index is 12.6. The highest BCUT2D eigenvalue weighted by atomic mass is 19.4. The van der Waals surface area contributed by atoms with Crippen molar-refractivity contribution in [1.82, 2.24) is 4.57 Å². The Labute approximate surface area is 130 Å². The van der Waals surface area contributed by atoms with Gasteiger partial charge in [-0.15, -0.1) is 0 Å². The predicted molar refractivity (Wildman–Crippen MR) is 81.0 cm³/mol. The zero-order valence-corrected chi connectivity index (χ0v) is 12.0. The lowest BCUT2D eigenvalue weighted by Gasteiger charge is -2.11. The summed E-state index contributed by atoms with van der Waals surface area (Å²) in [5.74, 6) is -0.576. The molecule has 0 saturated heterocycles. The number of nitrogens with two attached hydrogens (primary N) is 1. The van der Waals surface area contributed by atoms with Gasteiger partial charge in [0.1, 0.15) is 5.69 Å². The van der Waals surface area contributed by atoms with E-state index in [4.69, 9.17) is 5.73 Å². The van der Waals surface area contributed by atoms with Crippen molar-refractivity contribution in [2.45, 2.75) is 12.7 Å². The third kappa shape index (κ3) is 2.92. The molecule has 3 nitrogen and oxygen atoms in total. The summed E-state index contributed by atoms with van der Waals surface area (Å²) < 4.78 is 39.5. The van der Waals surface area contributed by atoms with E-state index in [1.165, 1.54) is 12.1 Å². The van der Waals surface area contributed by atoms with Gasteiger partial charge < -0.3 is 10.3 Å². The number of carbonyl (C=O) groups is 1. The molecule has 0 atom stereocenters. The van der Waals surface area contributed by atoms with Crippen LogP contribution in [0.15, 0.2) is 54.6 Å². The number of hydrogen-bond acceptors (Lipinski definition) is 1. The van der Waals surface area contributed by atoms with E-state index in [1.54, 1.807) is 10.6 Å². The maximum absolute atomic E-state index is 12.6. The topological polar surface area (TPSA) is 48.0 Å². The number of para-hydroxylation sites is 1. The Morgan fingerprint density at radius 3 is 2.30 bits per heavy atom. The minimum Gasteiger partial charge on any atom is -0.364 e. The van der Waals surface area contributed by atoms with Crippen molar-refractivity contribution in [2.24, 2.45) is 5.73 Å². The Morgan fingerprint density at radius 2 is 1.70 bits per heavy atom. The van der Waals surface area contributed by atoms with Crippen LogP contribution in [0.25, 0.3) is 10.9 Å². The normalized spacial score (nSPS) is 11.8. The van der Waals surface area contributed by atoms with Crippen LogP contribution in [0.1, 0.15) is 21.6 Å². The molecule has 118 valence electrons. The van der Waals surface area contributed by atoms with Crippen LogP contribution in [0.4, 0.5) is 13.2 Å². The van der Waals surface area contributed by atoms with Crippen molar-refractivity contribution < 1.29 is 18.0 Å². The number of rotatable bonds is 3. The van der Waals surface area contributed by atoms with Gasteiger partial charge in [-0.25, -0.2) is 0 Å². The van der Waals surface area contributed by atoms with Gasteiger partial charge in [-0.1, -0.05) is 30.3 Å². The van der Waals surface area contributed by atoms with Crippen molar-refractivity contribution in [3.8, 4) is 0 Å². The molecule has 6 heteroatoms. The van der Waals surface area contributed by atoms with Crippen molar-refractivity contribution in [1.29, 1.82) is 0 Å². The molecule has 2 N–H and O–H groups in total. The Kier molecular flexibility index (Phi) is 3.60. The second-order valence-corrected chi connectivity index (χ2v) is 5.23. The molecule has 0 aliphatic rings. The summed E-state index contributed by atoms with van der Waals surface area (Å²) in [5, 5.41) is 0.855. The molecule has 0 aliphatic heterocycles. The molecule has 3 aromatic rings. The third-order valence-electron chi connectivity index (χ3n) is 3.68. The molecule has 3 rings (SSSR count). The van der Waals surface area contributed by atoms with Gasteiger partial charge in [0.15, 0.2) is 0 Å². The van der Waals surface area contributed by atoms with E-state index in [9.17, 15) is 18.0 Å². The smallest absolute Gasteiger partial charge is 0.364 e. The first-order valence-electron chi connectivity index (χ1n) is 6.90. The number of carbonyl (C=O) groups excluding carboxylic acids is 1.